The van der Waals surface area contributed by atoms with Crippen molar-refractivity contribution in [3.63, 3.8) is 0 Å². The highest BCUT2D eigenvalue weighted by Gasteiger charge is 2.62. The van der Waals surface area contributed by atoms with Gasteiger partial charge in [-0.3, -0.25) is 14.4 Å². The van der Waals surface area contributed by atoms with Crippen LogP contribution < -0.4 is 10.6 Å². The predicted molar refractivity (Wildman–Crippen MR) is 130 cm³/mol. The molecule has 6 N–H and O–H groups in total. The maximum absolute atomic E-state index is 14.0. The molecular formula is C27H26F2N2O7. The number of halogens is 2. The van der Waals surface area contributed by atoms with Gasteiger partial charge in [-0.05, 0) is 54.5 Å². The standard InChI is InChI=1S/C27H26F2N2O7/c1-31(2)17-9-13(10-3-4-15(28)16(29)7-10)22(33)20-14(17)6-11-5-12-8-18(32)21(26(30)37)25(36)27(12,38)24(35)19(11)23(20)34/h3-4,7,9,11-12,18,21,32-33,35,38H,5-6,8H2,1-2H3,(H2,30,37)/t11-,12+,18?,21?,27+/m1/s1. The third-order valence-electron chi connectivity index (χ3n) is 8.08. The van der Waals surface area contributed by atoms with Gasteiger partial charge in [-0.15, -0.1) is 0 Å². The Morgan fingerprint density at radius 2 is 1.79 bits per heavy atom. The van der Waals surface area contributed by atoms with E-state index in [0.29, 0.717) is 11.3 Å². The number of nitrogens with zero attached hydrogens (tertiary/aromatic N) is 1. The van der Waals surface area contributed by atoms with Crippen LogP contribution in [0.1, 0.15) is 28.8 Å². The lowest BCUT2D eigenvalue weighted by atomic mass is 9.57. The number of anilines is 1. The Morgan fingerprint density at radius 1 is 1.11 bits per heavy atom. The second-order valence-corrected chi connectivity index (χ2v) is 10.4. The molecule has 1 fully saturated rings. The summed E-state index contributed by atoms with van der Waals surface area (Å²) in [6, 6.07) is 4.57. The van der Waals surface area contributed by atoms with Crippen molar-refractivity contribution in [1.29, 1.82) is 0 Å². The van der Waals surface area contributed by atoms with Gasteiger partial charge in [-0.2, -0.15) is 0 Å². The quantitative estimate of drug-likeness (QED) is 0.377. The monoisotopic (exact) mass is 528 g/mol. The van der Waals surface area contributed by atoms with Gasteiger partial charge in [0.15, 0.2) is 28.8 Å². The SMILES string of the molecule is CN(C)c1cc(-c2ccc(F)c(F)c2)c(O)c2c1C[C@H]1C[C@H]3CC(O)C(C(N)=O)C(=O)[C@@]3(O)C(O)=C1C2=O. The van der Waals surface area contributed by atoms with E-state index in [-0.39, 0.29) is 41.5 Å². The van der Waals surface area contributed by atoms with Gasteiger partial charge in [0.1, 0.15) is 17.4 Å². The molecule has 200 valence electrons. The van der Waals surface area contributed by atoms with Crippen LogP contribution in [0.2, 0.25) is 0 Å². The number of carbonyl (C=O) groups excluding carboxylic acids is 3. The molecular weight excluding hydrogens is 502 g/mol. The molecule has 2 aromatic rings. The van der Waals surface area contributed by atoms with Crippen molar-refractivity contribution in [2.45, 2.75) is 31.0 Å². The molecule has 9 nitrogen and oxygen atoms in total. The van der Waals surface area contributed by atoms with E-state index in [2.05, 4.69) is 0 Å². The van der Waals surface area contributed by atoms with Crippen LogP contribution >= 0.6 is 0 Å². The zero-order valence-corrected chi connectivity index (χ0v) is 20.5. The minimum atomic E-state index is -2.62. The summed E-state index contributed by atoms with van der Waals surface area (Å²) in [5.74, 6) is -10.3. The van der Waals surface area contributed by atoms with Crippen molar-refractivity contribution in [1.82, 2.24) is 0 Å². The van der Waals surface area contributed by atoms with E-state index in [9.17, 15) is 43.6 Å². The minimum absolute atomic E-state index is 0.0356. The second-order valence-electron chi connectivity index (χ2n) is 10.4. The topological polar surface area (TPSA) is 161 Å². The number of carbonyl (C=O) groups is 3. The number of benzene rings is 2. The molecule has 0 spiro atoms. The van der Waals surface area contributed by atoms with Crippen LogP contribution in [-0.2, 0) is 16.0 Å². The largest absolute Gasteiger partial charge is 0.508 e. The number of fused-ring (bicyclic) bond motifs is 3. The average Bonchev–Trinajstić information content (AvgIpc) is 2.83. The molecule has 2 unspecified atom stereocenters. The van der Waals surface area contributed by atoms with Crippen molar-refractivity contribution in [3.05, 3.63) is 58.4 Å². The van der Waals surface area contributed by atoms with Crippen molar-refractivity contribution in [3.8, 4) is 16.9 Å². The van der Waals surface area contributed by atoms with Crippen LogP contribution in [0.3, 0.4) is 0 Å². The first kappa shape index (κ1) is 25.8. The summed E-state index contributed by atoms with van der Waals surface area (Å²) in [5, 5.41) is 44.2. The fourth-order valence-electron chi connectivity index (χ4n) is 6.26. The summed E-state index contributed by atoms with van der Waals surface area (Å²) >= 11 is 0. The number of primary amides is 1. The summed E-state index contributed by atoms with van der Waals surface area (Å²) in [4.78, 5) is 40.6. The van der Waals surface area contributed by atoms with Crippen LogP contribution in [0.5, 0.6) is 5.75 Å². The van der Waals surface area contributed by atoms with Crippen molar-refractivity contribution in [2.75, 3.05) is 19.0 Å². The Labute approximate surface area is 215 Å². The summed E-state index contributed by atoms with van der Waals surface area (Å²) in [5.41, 5.74) is 3.26. The lowest BCUT2D eigenvalue weighted by Gasteiger charge is -2.48. The van der Waals surface area contributed by atoms with Crippen LogP contribution in [0.15, 0.2) is 35.6 Å². The first-order valence-corrected chi connectivity index (χ1v) is 12.0. The number of rotatable bonds is 3. The number of aromatic hydroxyl groups is 1. The Kier molecular flexibility index (Phi) is 5.84. The first-order chi connectivity index (χ1) is 17.8. The number of phenols is 1. The fraction of sp³-hybridized carbons (Fsp3) is 0.370. The number of allylic oxidation sites excluding steroid dienone is 1. The highest BCUT2D eigenvalue weighted by molar-refractivity contribution is 6.17. The van der Waals surface area contributed by atoms with Gasteiger partial charge in [0, 0.05) is 36.8 Å². The van der Waals surface area contributed by atoms with E-state index >= 15 is 0 Å². The molecule has 38 heavy (non-hydrogen) atoms. The number of ketones is 2. The van der Waals surface area contributed by atoms with E-state index in [4.69, 9.17) is 5.73 Å². The molecule has 11 heteroatoms. The fourth-order valence-corrected chi connectivity index (χ4v) is 6.26. The maximum atomic E-state index is 14.0. The average molecular weight is 529 g/mol. The zero-order valence-electron chi connectivity index (χ0n) is 20.5. The lowest BCUT2D eigenvalue weighted by Crippen LogP contribution is -2.63. The third-order valence-corrected chi connectivity index (χ3v) is 8.08. The number of Topliss-reactive ketones (excluding diaryl/α,β-unsaturated/α-hetero) is 2. The Bertz CT molecular complexity index is 1450. The van der Waals surface area contributed by atoms with Crippen LogP contribution in [-0.4, -0.2) is 63.7 Å². The molecule has 2 aromatic carbocycles. The summed E-state index contributed by atoms with van der Waals surface area (Å²) in [6.07, 6.45) is -1.49. The van der Waals surface area contributed by atoms with Gasteiger partial charge in [0.2, 0.25) is 5.91 Å². The molecule has 3 aliphatic rings. The van der Waals surface area contributed by atoms with Crippen molar-refractivity contribution in [2.24, 2.45) is 23.5 Å². The Balaban J connectivity index is 1.72. The van der Waals surface area contributed by atoms with E-state index < -0.39 is 70.1 Å². The number of hydrogen-bond acceptors (Lipinski definition) is 8. The van der Waals surface area contributed by atoms with Crippen LogP contribution in [0, 0.1) is 29.4 Å². The van der Waals surface area contributed by atoms with Crippen molar-refractivity contribution >= 4 is 23.2 Å². The Morgan fingerprint density at radius 3 is 2.39 bits per heavy atom. The highest BCUT2D eigenvalue weighted by Crippen LogP contribution is 2.53. The molecule has 1 saturated carbocycles. The van der Waals surface area contributed by atoms with Crippen LogP contribution in [0.4, 0.5) is 14.5 Å². The summed E-state index contributed by atoms with van der Waals surface area (Å²) in [6.45, 7) is 0. The second kappa shape index (κ2) is 8.60. The van der Waals surface area contributed by atoms with Gasteiger partial charge in [0.25, 0.3) is 0 Å². The molecule has 0 heterocycles. The molecule has 0 saturated heterocycles. The number of hydrogen-bond donors (Lipinski definition) is 5. The lowest BCUT2D eigenvalue weighted by molar-refractivity contribution is -0.167. The normalized spacial score (nSPS) is 28.5. The van der Waals surface area contributed by atoms with Gasteiger partial charge in [-0.25, -0.2) is 8.78 Å². The Hall–Kier alpha value is -3.83. The number of nitrogens with two attached hydrogens (primary N) is 1. The number of amides is 1. The third kappa shape index (κ3) is 3.45. The van der Waals surface area contributed by atoms with E-state index in [0.717, 1.165) is 12.1 Å². The number of aliphatic hydroxyl groups is 3. The molecule has 5 rings (SSSR count). The highest BCUT2D eigenvalue weighted by atomic mass is 19.2. The van der Waals surface area contributed by atoms with Gasteiger partial charge >= 0.3 is 0 Å². The number of aliphatic hydroxyl groups excluding tert-OH is 2. The van der Waals surface area contributed by atoms with Gasteiger partial charge < -0.3 is 31.1 Å². The van der Waals surface area contributed by atoms with Crippen LogP contribution in [0.25, 0.3) is 11.1 Å². The predicted octanol–water partition coefficient (Wildman–Crippen LogP) is 1.76. The zero-order chi connectivity index (χ0) is 27.8. The summed E-state index contributed by atoms with van der Waals surface area (Å²) < 4.78 is 27.6. The first-order valence-electron chi connectivity index (χ1n) is 12.0. The number of phenolic OH excluding ortho intramolecular Hbond substituents is 1. The van der Waals surface area contributed by atoms with E-state index in [1.54, 1.807) is 25.1 Å². The van der Waals surface area contributed by atoms with Crippen molar-refractivity contribution < 1.29 is 43.6 Å². The van der Waals surface area contributed by atoms with E-state index in [1.807, 2.05) is 0 Å². The molecule has 0 aromatic heterocycles. The minimum Gasteiger partial charge on any atom is -0.508 e. The molecule has 1 amide bonds. The molecule has 0 radical (unpaired) electrons. The summed E-state index contributed by atoms with van der Waals surface area (Å²) in [7, 11) is 3.41. The van der Waals surface area contributed by atoms with E-state index in [1.165, 1.54) is 6.07 Å². The smallest absolute Gasteiger partial charge is 0.230 e. The molecule has 3 aliphatic carbocycles. The molecule has 5 atom stereocenters. The molecule has 0 aliphatic heterocycles. The molecule has 0 bridgehead atoms. The van der Waals surface area contributed by atoms with Gasteiger partial charge in [-0.1, -0.05) is 6.07 Å². The maximum Gasteiger partial charge on any atom is 0.230 e. The van der Waals surface area contributed by atoms with Gasteiger partial charge in [0.05, 0.1) is 11.7 Å².